The molecule has 130 valence electrons. The molecule has 0 aromatic carbocycles. The Morgan fingerprint density at radius 3 is 2.52 bits per heavy atom. The van der Waals surface area contributed by atoms with Crippen molar-refractivity contribution in [2.45, 2.75) is 39.8 Å². The minimum Gasteiger partial charge on any atom is -0.368 e. The lowest BCUT2D eigenvalue weighted by Crippen LogP contribution is -2.14. The number of pyridine rings is 2. The molecule has 0 saturated carbocycles. The van der Waals surface area contributed by atoms with Crippen molar-refractivity contribution in [2.24, 2.45) is 0 Å². The van der Waals surface area contributed by atoms with E-state index in [-0.39, 0.29) is 11.9 Å². The molecular weight excluding hydrogens is 316 g/mol. The van der Waals surface area contributed by atoms with Crippen LogP contribution in [0.25, 0.3) is 11.2 Å². The van der Waals surface area contributed by atoms with E-state index in [9.17, 15) is 4.79 Å². The fourth-order valence-electron chi connectivity index (χ4n) is 2.47. The number of fused-ring (bicyclic) bond motifs is 1. The predicted molar refractivity (Wildman–Crippen MR) is 98.9 cm³/mol. The lowest BCUT2D eigenvalue weighted by molar-refractivity contribution is 0.102. The SMILES string of the molecule is CC(C)Nc1ccc(NC(=O)c2cnc3c(c2)ncn3C(C)C)cn1. The Morgan fingerprint density at radius 2 is 1.88 bits per heavy atom. The molecule has 0 fully saturated rings. The number of imidazole rings is 1. The Labute approximate surface area is 146 Å². The maximum atomic E-state index is 12.4. The van der Waals surface area contributed by atoms with Gasteiger partial charge in [-0.25, -0.2) is 15.0 Å². The molecule has 0 radical (unpaired) electrons. The van der Waals surface area contributed by atoms with Crippen LogP contribution in [0.5, 0.6) is 0 Å². The highest BCUT2D eigenvalue weighted by Crippen LogP contribution is 2.17. The van der Waals surface area contributed by atoms with Crippen molar-refractivity contribution in [3.05, 3.63) is 42.5 Å². The van der Waals surface area contributed by atoms with E-state index in [4.69, 9.17) is 0 Å². The smallest absolute Gasteiger partial charge is 0.257 e. The molecule has 3 aromatic rings. The molecule has 3 rings (SSSR count). The number of nitrogens with one attached hydrogen (secondary N) is 2. The van der Waals surface area contributed by atoms with Crippen molar-refractivity contribution in [3.8, 4) is 0 Å². The van der Waals surface area contributed by atoms with Crippen LogP contribution in [0.1, 0.15) is 44.1 Å². The standard InChI is InChI=1S/C18H22N6O/c1-11(2)22-16-6-5-14(9-19-16)23-18(25)13-7-15-17(20-8-13)24(10-21-15)12(3)4/h5-12H,1-4H3,(H,19,22)(H,23,25). The highest BCUT2D eigenvalue weighted by atomic mass is 16.1. The average molecular weight is 338 g/mol. The van der Waals surface area contributed by atoms with Gasteiger partial charge in [-0.15, -0.1) is 0 Å². The first-order valence-corrected chi connectivity index (χ1v) is 8.30. The molecule has 7 nitrogen and oxygen atoms in total. The number of carbonyl (C=O) groups excluding carboxylic acids is 1. The molecule has 0 unspecified atom stereocenters. The number of aromatic nitrogens is 4. The summed E-state index contributed by atoms with van der Waals surface area (Å²) < 4.78 is 1.97. The maximum absolute atomic E-state index is 12.4. The minimum atomic E-state index is -0.236. The Bertz CT molecular complexity index is 882. The quantitative estimate of drug-likeness (QED) is 0.744. The zero-order valence-electron chi connectivity index (χ0n) is 14.8. The Hall–Kier alpha value is -2.96. The van der Waals surface area contributed by atoms with Crippen LogP contribution < -0.4 is 10.6 Å². The third kappa shape index (κ3) is 3.76. The molecule has 0 bridgehead atoms. The van der Waals surface area contributed by atoms with Crippen LogP contribution >= 0.6 is 0 Å². The predicted octanol–water partition coefficient (Wildman–Crippen LogP) is 3.48. The molecule has 2 N–H and O–H groups in total. The molecule has 1 amide bonds. The Kier molecular flexibility index (Phi) is 4.65. The van der Waals surface area contributed by atoms with Crippen LogP contribution in [-0.4, -0.2) is 31.5 Å². The van der Waals surface area contributed by atoms with Gasteiger partial charge in [0.2, 0.25) is 0 Å². The van der Waals surface area contributed by atoms with Gasteiger partial charge in [0.1, 0.15) is 11.3 Å². The van der Waals surface area contributed by atoms with Gasteiger partial charge in [-0.1, -0.05) is 0 Å². The van der Waals surface area contributed by atoms with Gasteiger partial charge < -0.3 is 15.2 Å². The van der Waals surface area contributed by atoms with Crippen LogP contribution in [0, 0.1) is 0 Å². The van der Waals surface area contributed by atoms with E-state index in [0.717, 1.165) is 11.5 Å². The van der Waals surface area contributed by atoms with Gasteiger partial charge in [-0.05, 0) is 45.9 Å². The largest absolute Gasteiger partial charge is 0.368 e. The van der Waals surface area contributed by atoms with Crippen LogP contribution in [0.15, 0.2) is 36.9 Å². The number of hydrogen-bond donors (Lipinski definition) is 2. The maximum Gasteiger partial charge on any atom is 0.257 e. The van der Waals surface area contributed by atoms with E-state index in [2.05, 4.69) is 39.4 Å². The summed E-state index contributed by atoms with van der Waals surface area (Å²) >= 11 is 0. The zero-order valence-corrected chi connectivity index (χ0v) is 14.8. The first-order chi connectivity index (χ1) is 11.9. The number of hydrogen-bond acceptors (Lipinski definition) is 5. The summed E-state index contributed by atoms with van der Waals surface area (Å²) in [5, 5.41) is 6.03. The average Bonchev–Trinajstić information content (AvgIpc) is 2.99. The molecule has 3 heterocycles. The highest BCUT2D eigenvalue weighted by Gasteiger charge is 2.12. The summed E-state index contributed by atoms with van der Waals surface area (Å²) in [7, 11) is 0. The van der Waals surface area contributed by atoms with Gasteiger partial charge in [0.25, 0.3) is 5.91 Å². The lowest BCUT2D eigenvalue weighted by Gasteiger charge is -2.10. The van der Waals surface area contributed by atoms with Crippen LogP contribution in [0.3, 0.4) is 0 Å². The van der Waals surface area contributed by atoms with E-state index in [1.807, 2.05) is 30.5 Å². The van der Waals surface area contributed by atoms with Crippen molar-refractivity contribution in [1.29, 1.82) is 0 Å². The summed E-state index contributed by atoms with van der Waals surface area (Å²) in [5.41, 5.74) is 2.58. The van der Waals surface area contributed by atoms with Gasteiger partial charge in [-0.3, -0.25) is 4.79 Å². The fraction of sp³-hybridized carbons (Fsp3) is 0.333. The van der Waals surface area contributed by atoms with Crippen LogP contribution in [-0.2, 0) is 0 Å². The second kappa shape index (κ2) is 6.88. The molecular formula is C18H22N6O. The van der Waals surface area contributed by atoms with Gasteiger partial charge in [0, 0.05) is 18.3 Å². The zero-order chi connectivity index (χ0) is 18.0. The van der Waals surface area contributed by atoms with Crippen LogP contribution in [0.4, 0.5) is 11.5 Å². The second-order valence-corrected chi connectivity index (χ2v) is 6.50. The summed E-state index contributed by atoms with van der Waals surface area (Å²) in [4.78, 5) is 25.4. The Balaban J connectivity index is 1.75. The molecule has 3 aromatic heterocycles. The van der Waals surface area contributed by atoms with Crippen molar-refractivity contribution >= 4 is 28.6 Å². The number of carbonyl (C=O) groups is 1. The van der Waals surface area contributed by atoms with E-state index in [1.54, 1.807) is 24.8 Å². The first kappa shape index (κ1) is 16.9. The second-order valence-electron chi connectivity index (χ2n) is 6.50. The fourth-order valence-corrected chi connectivity index (χ4v) is 2.47. The summed E-state index contributed by atoms with van der Waals surface area (Å²) in [6, 6.07) is 5.97. The third-order valence-corrected chi connectivity index (χ3v) is 3.69. The van der Waals surface area contributed by atoms with Gasteiger partial charge >= 0.3 is 0 Å². The summed E-state index contributed by atoms with van der Waals surface area (Å²) in [6.45, 7) is 8.21. The summed E-state index contributed by atoms with van der Waals surface area (Å²) in [6.07, 6.45) is 4.94. The lowest BCUT2D eigenvalue weighted by atomic mass is 10.2. The van der Waals surface area contributed by atoms with Gasteiger partial charge in [0.15, 0.2) is 5.65 Å². The molecule has 0 atom stereocenters. The van der Waals surface area contributed by atoms with E-state index >= 15 is 0 Å². The number of nitrogens with zero attached hydrogens (tertiary/aromatic N) is 4. The van der Waals surface area contributed by atoms with Gasteiger partial charge in [0.05, 0.1) is 23.8 Å². The monoisotopic (exact) mass is 338 g/mol. The number of rotatable bonds is 5. The van der Waals surface area contributed by atoms with Gasteiger partial charge in [-0.2, -0.15) is 0 Å². The molecule has 0 aliphatic carbocycles. The molecule has 0 spiro atoms. The molecule has 7 heteroatoms. The number of amides is 1. The van der Waals surface area contributed by atoms with E-state index in [1.165, 1.54) is 0 Å². The van der Waals surface area contributed by atoms with Crippen molar-refractivity contribution in [1.82, 2.24) is 19.5 Å². The topological polar surface area (TPSA) is 84.7 Å². The minimum absolute atomic E-state index is 0.236. The first-order valence-electron chi connectivity index (χ1n) is 8.30. The summed E-state index contributed by atoms with van der Waals surface area (Å²) in [5.74, 6) is 0.537. The molecule has 0 saturated heterocycles. The molecule has 0 aliphatic rings. The molecule has 0 aliphatic heterocycles. The highest BCUT2D eigenvalue weighted by molar-refractivity contribution is 6.05. The Morgan fingerprint density at radius 1 is 1.08 bits per heavy atom. The normalized spacial score (nSPS) is 11.3. The van der Waals surface area contributed by atoms with E-state index in [0.29, 0.717) is 22.8 Å². The van der Waals surface area contributed by atoms with Crippen LogP contribution in [0.2, 0.25) is 0 Å². The van der Waals surface area contributed by atoms with Crippen molar-refractivity contribution < 1.29 is 4.79 Å². The van der Waals surface area contributed by atoms with E-state index < -0.39 is 0 Å². The number of anilines is 2. The molecule has 25 heavy (non-hydrogen) atoms. The third-order valence-electron chi connectivity index (χ3n) is 3.69. The van der Waals surface area contributed by atoms with Crippen molar-refractivity contribution in [3.63, 3.8) is 0 Å². The van der Waals surface area contributed by atoms with Crippen molar-refractivity contribution in [2.75, 3.05) is 10.6 Å².